The van der Waals surface area contributed by atoms with Gasteiger partial charge in [0.15, 0.2) is 0 Å². The molecule has 1 unspecified atom stereocenters. The van der Waals surface area contributed by atoms with Crippen molar-refractivity contribution in [3.05, 3.63) is 41.3 Å². The lowest BCUT2D eigenvalue weighted by Gasteiger charge is -2.32. The van der Waals surface area contributed by atoms with Crippen LogP contribution in [0.1, 0.15) is 18.7 Å². The molecule has 104 valence electrons. The molecular weight excluding hydrogens is 274 g/mol. The number of thiophene rings is 1. The maximum Gasteiger partial charge on any atom is 0.412 e. The van der Waals surface area contributed by atoms with Gasteiger partial charge in [-0.3, -0.25) is 4.90 Å². The Morgan fingerprint density at radius 3 is 3.00 bits per heavy atom. The number of carbonyl (C=O) groups is 1. The Balaban J connectivity index is 1.99. The lowest BCUT2D eigenvalue weighted by molar-refractivity contribution is 0.0287. The van der Waals surface area contributed by atoms with Crippen LogP contribution in [0.4, 0.5) is 4.79 Å². The molecule has 1 atom stereocenters. The largest absolute Gasteiger partial charge is 0.465 e. The van der Waals surface area contributed by atoms with E-state index >= 15 is 0 Å². The first kappa shape index (κ1) is 13.0. The van der Waals surface area contributed by atoms with E-state index in [2.05, 4.69) is 0 Å². The molecule has 0 radical (unpaired) electrons. The van der Waals surface area contributed by atoms with Crippen molar-refractivity contribution < 1.29 is 14.3 Å². The highest BCUT2D eigenvalue weighted by atomic mass is 32.1. The number of hydrogen-bond acceptors (Lipinski definition) is 4. The van der Waals surface area contributed by atoms with Crippen molar-refractivity contribution in [3.8, 4) is 16.2 Å². The fraction of sp³-hybridized carbons (Fsp3) is 0.267. The summed E-state index contributed by atoms with van der Waals surface area (Å²) in [4.78, 5) is 14.6. The third-order valence-corrected chi connectivity index (χ3v) is 4.20. The summed E-state index contributed by atoms with van der Waals surface area (Å²) >= 11 is 1.66. The van der Waals surface area contributed by atoms with Gasteiger partial charge in [-0.05, 0) is 30.5 Å². The molecule has 1 aliphatic heterocycles. The second kappa shape index (κ2) is 5.17. The number of hydrogen-bond donors (Lipinski definition) is 0. The summed E-state index contributed by atoms with van der Waals surface area (Å²) in [5.74, 6) is 0.795. The zero-order chi connectivity index (χ0) is 14.1. The Kier molecular flexibility index (Phi) is 3.36. The van der Waals surface area contributed by atoms with Gasteiger partial charge in [-0.25, -0.2) is 4.79 Å². The molecule has 2 heterocycles. The van der Waals surface area contributed by atoms with Crippen LogP contribution in [0.5, 0.6) is 5.75 Å². The molecule has 3 rings (SSSR count). The maximum absolute atomic E-state index is 11.9. The Morgan fingerprint density at radius 2 is 2.20 bits per heavy atom. The Bertz CT molecular complexity index is 638. The van der Waals surface area contributed by atoms with Crippen LogP contribution in [0.3, 0.4) is 0 Å². The molecule has 5 heteroatoms. The van der Waals surface area contributed by atoms with Crippen LogP contribution >= 0.6 is 11.3 Å². The van der Waals surface area contributed by atoms with Crippen LogP contribution in [-0.4, -0.2) is 24.6 Å². The summed E-state index contributed by atoms with van der Waals surface area (Å²) in [6.07, 6.45) is -0.820. The lowest BCUT2D eigenvalue weighted by Crippen LogP contribution is -2.36. The van der Waals surface area contributed by atoms with Crippen LogP contribution in [0.25, 0.3) is 10.4 Å². The molecule has 1 aromatic heterocycles. The van der Waals surface area contributed by atoms with E-state index in [0.29, 0.717) is 6.61 Å². The van der Waals surface area contributed by atoms with Gasteiger partial charge in [-0.2, -0.15) is 0 Å². The normalized spacial score (nSPS) is 15.8. The van der Waals surface area contributed by atoms with Crippen LogP contribution in [0, 0.1) is 0 Å². The van der Waals surface area contributed by atoms with Gasteiger partial charge in [-0.1, -0.05) is 12.1 Å². The topological polar surface area (TPSA) is 38.8 Å². The van der Waals surface area contributed by atoms with Crippen molar-refractivity contribution in [1.82, 2.24) is 4.90 Å². The first-order chi connectivity index (χ1) is 9.72. The quantitative estimate of drug-likeness (QED) is 0.841. The van der Waals surface area contributed by atoms with E-state index < -0.39 is 6.23 Å². The molecule has 1 aromatic carbocycles. The fourth-order valence-corrected chi connectivity index (χ4v) is 3.23. The predicted molar refractivity (Wildman–Crippen MR) is 77.9 cm³/mol. The minimum Gasteiger partial charge on any atom is -0.465 e. The summed E-state index contributed by atoms with van der Waals surface area (Å²) in [5, 5.41) is 2.02. The predicted octanol–water partition coefficient (Wildman–Crippen LogP) is 3.89. The number of nitrogens with zero attached hydrogens (tertiary/aromatic N) is 1. The molecule has 0 saturated carbocycles. The standard InChI is InChI=1S/C15H15NO3S/c1-3-18-15(17)16(2)14-11-8-9-20-13(11)10-6-4-5-7-12(10)19-14/h4-9,14H,3H2,1-2H3. The molecule has 1 aliphatic rings. The summed E-state index contributed by atoms with van der Waals surface area (Å²) in [5.41, 5.74) is 2.08. The average Bonchev–Trinajstić information content (AvgIpc) is 2.95. The minimum atomic E-state index is -0.440. The first-order valence-electron chi connectivity index (χ1n) is 6.45. The van der Waals surface area contributed by atoms with Gasteiger partial charge in [0, 0.05) is 23.1 Å². The third kappa shape index (κ3) is 2.04. The van der Waals surface area contributed by atoms with Gasteiger partial charge >= 0.3 is 6.09 Å². The summed E-state index contributed by atoms with van der Waals surface area (Å²) in [6.45, 7) is 2.14. The van der Waals surface area contributed by atoms with E-state index in [4.69, 9.17) is 9.47 Å². The first-order valence-corrected chi connectivity index (χ1v) is 7.33. The second-order valence-electron chi connectivity index (χ2n) is 4.48. The highest BCUT2D eigenvalue weighted by Gasteiger charge is 2.32. The molecule has 20 heavy (non-hydrogen) atoms. The fourth-order valence-electron chi connectivity index (χ4n) is 2.28. The smallest absolute Gasteiger partial charge is 0.412 e. The number of ether oxygens (including phenoxy) is 2. The van der Waals surface area contributed by atoms with Gasteiger partial charge in [0.25, 0.3) is 0 Å². The van der Waals surface area contributed by atoms with Crippen molar-refractivity contribution in [2.24, 2.45) is 0 Å². The molecule has 0 N–H and O–H groups in total. The van der Waals surface area contributed by atoms with Crippen molar-refractivity contribution in [2.75, 3.05) is 13.7 Å². The van der Waals surface area contributed by atoms with E-state index in [1.165, 1.54) is 4.90 Å². The summed E-state index contributed by atoms with van der Waals surface area (Å²) in [7, 11) is 1.69. The number of rotatable bonds is 2. The van der Waals surface area contributed by atoms with E-state index in [-0.39, 0.29) is 6.09 Å². The highest BCUT2D eigenvalue weighted by Crippen LogP contribution is 2.45. The van der Waals surface area contributed by atoms with E-state index in [1.807, 2.05) is 35.7 Å². The second-order valence-corrected chi connectivity index (χ2v) is 5.40. The van der Waals surface area contributed by atoms with E-state index in [9.17, 15) is 4.79 Å². The third-order valence-electron chi connectivity index (χ3n) is 3.24. The number of amides is 1. The SMILES string of the molecule is CCOC(=O)N(C)C1Oc2ccccc2-c2sccc21. The number of fused-ring (bicyclic) bond motifs is 3. The van der Waals surface area contributed by atoms with Crippen molar-refractivity contribution in [2.45, 2.75) is 13.2 Å². The maximum atomic E-state index is 11.9. The van der Waals surface area contributed by atoms with Gasteiger partial charge in [-0.15, -0.1) is 11.3 Å². The molecule has 0 aliphatic carbocycles. The number of para-hydroxylation sites is 1. The van der Waals surface area contributed by atoms with Crippen LogP contribution < -0.4 is 4.74 Å². The number of carbonyl (C=O) groups excluding carboxylic acids is 1. The minimum absolute atomic E-state index is 0.350. The van der Waals surface area contributed by atoms with Crippen LogP contribution in [0.15, 0.2) is 35.7 Å². The van der Waals surface area contributed by atoms with Crippen LogP contribution in [-0.2, 0) is 4.74 Å². The van der Waals surface area contributed by atoms with Gasteiger partial charge in [0.05, 0.1) is 6.61 Å². The number of benzene rings is 1. The zero-order valence-corrected chi connectivity index (χ0v) is 12.1. The lowest BCUT2D eigenvalue weighted by atomic mass is 10.0. The zero-order valence-electron chi connectivity index (χ0n) is 11.3. The molecule has 4 nitrogen and oxygen atoms in total. The summed E-state index contributed by atoms with van der Waals surface area (Å²) < 4.78 is 11.0. The van der Waals surface area contributed by atoms with E-state index in [1.54, 1.807) is 25.3 Å². The summed E-state index contributed by atoms with van der Waals surface area (Å²) in [6, 6.07) is 9.87. The highest BCUT2D eigenvalue weighted by molar-refractivity contribution is 7.13. The van der Waals surface area contributed by atoms with E-state index in [0.717, 1.165) is 21.8 Å². The molecule has 0 fully saturated rings. The average molecular weight is 289 g/mol. The molecular formula is C15H15NO3S. The molecule has 1 amide bonds. The van der Waals surface area contributed by atoms with Gasteiger partial charge in [0.1, 0.15) is 5.75 Å². The molecule has 0 bridgehead atoms. The van der Waals surface area contributed by atoms with Gasteiger partial charge < -0.3 is 9.47 Å². The Labute approximate surface area is 121 Å². The monoisotopic (exact) mass is 289 g/mol. The van der Waals surface area contributed by atoms with Crippen LogP contribution in [0.2, 0.25) is 0 Å². The Hall–Kier alpha value is -2.01. The molecule has 2 aromatic rings. The van der Waals surface area contributed by atoms with Crippen molar-refractivity contribution in [1.29, 1.82) is 0 Å². The molecule has 0 spiro atoms. The molecule has 0 saturated heterocycles. The van der Waals surface area contributed by atoms with Crippen molar-refractivity contribution in [3.63, 3.8) is 0 Å². The van der Waals surface area contributed by atoms with Crippen molar-refractivity contribution >= 4 is 17.4 Å². The van der Waals surface area contributed by atoms with Gasteiger partial charge in [0.2, 0.25) is 6.23 Å². The Morgan fingerprint density at radius 1 is 1.40 bits per heavy atom.